The lowest BCUT2D eigenvalue weighted by molar-refractivity contribution is 0.218. The van der Waals surface area contributed by atoms with E-state index in [2.05, 4.69) is 4.98 Å². The lowest BCUT2D eigenvalue weighted by Crippen LogP contribution is -2.12. The fourth-order valence-corrected chi connectivity index (χ4v) is 1.73. The zero-order chi connectivity index (χ0) is 10.4. The fraction of sp³-hybridized carbons (Fsp3) is 0.333. The van der Waals surface area contributed by atoms with Crippen LogP contribution < -0.4 is 5.73 Å². The molecule has 0 saturated heterocycles. The molecule has 14 heavy (non-hydrogen) atoms. The van der Waals surface area contributed by atoms with Crippen molar-refractivity contribution in [3.05, 3.63) is 24.0 Å². The van der Waals surface area contributed by atoms with E-state index >= 15 is 0 Å². The van der Waals surface area contributed by atoms with Gasteiger partial charge in [-0.15, -0.1) is 11.8 Å². The highest BCUT2D eigenvalue weighted by Crippen LogP contribution is 2.17. The zero-order valence-corrected chi connectivity index (χ0v) is 8.80. The molecule has 0 atom stereocenters. The Balaban J connectivity index is 2.59. The van der Waals surface area contributed by atoms with Crippen LogP contribution in [0.3, 0.4) is 0 Å². The molecule has 76 valence electrons. The van der Waals surface area contributed by atoms with E-state index in [0.29, 0.717) is 12.3 Å². The van der Waals surface area contributed by atoms with Gasteiger partial charge in [0.1, 0.15) is 11.5 Å². The maximum atomic E-state index is 7.23. The van der Waals surface area contributed by atoms with Gasteiger partial charge in [-0.1, -0.05) is 0 Å². The van der Waals surface area contributed by atoms with Gasteiger partial charge in [0.05, 0.1) is 6.61 Å². The molecule has 5 heteroatoms. The van der Waals surface area contributed by atoms with E-state index in [1.807, 2.05) is 12.1 Å². The van der Waals surface area contributed by atoms with Crippen molar-refractivity contribution in [2.75, 3.05) is 19.5 Å². The number of nitrogens with two attached hydrogens (primary N) is 1. The van der Waals surface area contributed by atoms with Crippen molar-refractivity contribution < 1.29 is 4.74 Å². The number of pyridine rings is 1. The van der Waals surface area contributed by atoms with Crippen molar-refractivity contribution in [2.24, 2.45) is 5.73 Å². The molecule has 1 rings (SSSR count). The Labute approximate surface area is 87.4 Å². The highest BCUT2D eigenvalue weighted by molar-refractivity contribution is 7.99. The number of ether oxygens (including phenoxy) is 1. The summed E-state index contributed by atoms with van der Waals surface area (Å²) in [5.74, 6) is 0.886. The van der Waals surface area contributed by atoms with Crippen molar-refractivity contribution in [3.63, 3.8) is 0 Å². The summed E-state index contributed by atoms with van der Waals surface area (Å²) < 4.78 is 4.94. The number of rotatable bonds is 5. The SMILES string of the molecule is COCCSc1ccnc(C(=N)N)c1. The van der Waals surface area contributed by atoms with Crippen LogP contribution >= 0.6 is 11.8 Å². The molecule has 0 unspecified atom stereocenters. The molecule has 1 aromatic heterocycles. The Bertz CT molecular complexity index is 317. The van der Waals surface area contributed by atoms with Gasteiger partial charge < -0.3 is 10.5 Å². The second-order valence-electron chi connectivity index (χ2n) is 2.63. The molecule has 0 radical (unpaired) electrons. The van der Waals surface area contributed by atoms with Crippen molar-refractivity contribution >= 4 is 17.6 Å². The summed E-state index contributed by atoms with van der Waals surface area (Å²) in [6, 6.07) is 3.70. The molecule has 0 aliphatic heterocycles. The van der Waals surface area contributed by atoms with Crippen LogP contribution in [0.1, 0.15) is 5.69 Å². The predicted octanol–water partition coefficient (Wildman–Crippen LogP) is 1.10. The number of nitrogens with zero attached hydrogens (tertiary/aromatic N) is 1. The monoisotopic (exact) mass is 211 g/mol. The van der Waals surface area contributed by atoms with E-state index in [0.717, 1.165) is 10.6 Å². The number of nitrogen functional groups attached to an aromatic ring is 1. The molecule has 1 aromatic rings. The van der Waals surface area contributed by atoms with E-state index in [9.17, 15) is 0 Å². The summed E-state index contributed by atoms with van der Waals surface area (Å²) in [6.07, 6.45) is 1.66. The number of nitrogens with one attached hydrogen (secondary N) is 1. The van der Waals surface area contributed by atoms with E-state index in [1.54, 1.807) is 25.1 Å². The minimum absolute atomic E-state index is 0.000749. The van der Waals surface area contributed by atoms with Crippen LogP contribution in [0.2, 0.25) is 0 Å². The predicted molar refractivity (Wildman–Crippen MR) is 57.9 cm³/mol. The van der Waals surface area contributed by atoms with Crippen LogP contribution in [0.5, 0.6) is 0 Å². The smallest absolute Gasteiger partial charge is 0.141 e. The molecular formula is C9H13N3OS. The standard InChI is InChI=1S/C9H13N3OS/c1-13-4-5-14-7-2-3-12-8(6-7)9(10)11/h2-3,6H,4-5H2,1H3,(H3,10,11). The molecule has 0 spiro atoms. The number of hydrogen-bond donors (Lipinski definition) is 2. The van der Waals surface area contributed by atoms with Gasteiger partial charge in [0.15, 0.2) is 0 Å². The second-order valence-corrected chi connectivity index (χ2v) is 3.80. The Hall–Kier alpha value is -1.07. The van der Waals surface area contributed by atoms with Gasteiger partial charge in [0, 0.05) is 24.0 Å². The third-order valence-corrected chi connectivity index (χ3v) is 2.52. The molecule has 0 aliphatic carbocycles. The van der Waals surface area contributed by atoms with Crippen LogP contribution in [-0.2, 0) is 4.74 Å². The molecule has 0 saturated carbocycles. The Morgan fingerprint density at radius 3 is 3.14 bits per heavy atom. The molecule has 0 aliphatic rings. The molecule has 0 aromatic carbocycles. The summed E-state index contributed by atoms with van der Waals surface area (Å²) in [5, 5.41) is 7.23. The van der Waals surface area contributed by atoms with Gasteiger partial charge >= 0.3 is 0 Å². The summed E-state index contributed by atoms with van der Waals surface area (Å²) in [5.41, 5.74) is 5.85. The molecule has 3 N–H and O–H groups in total. The summed E-state index contributed by atoms with van der Waals surface area (Å²) in [7, 11) is 1.67. The zero-order valence-electron chi connectivity index (χ0n) is 7.99. The highest BCUT2D eigenvalue weighted by atomic mass is 32.2. The largest absolute Gasteiger partial charge is 0.384 e. The number of amidine groups is 1. The summed E-state index contributed by atoms with van der Waals surface area (Å²) in [6.45, 7) is 0.711. The molecule has 0 fully saturated rings. The van der Waals surface area contributed by atoms with Crippen molar-refractivity contribution in [2.45, 2.75) is 4.90 Å². The molecular weight excluding hydrogens is 198 g/mol. The molecule has 1 heterocycles. The fourth-order valence-electron chi connectivity index (χ4n) is 0.891. The van der Waals surface area contributed by atoms with Crippen molar-refractivity contribution in [1.29, 1.82) is 5.41 Å². The van der Waals surface area contributed by atoms with Crippen LogP contribution in [0.4, 0.5) is 0 Å². The Morgan fingerprint density at radius 1 is 1.71 bits per heavy atom. The normalized spacial score (nSPS) is 10.1. The molecule has 0 amide bonds. The molecule has 4 nitrogen and oxygen atoms in total. The maximum absolute atomic E-state index is 7.23. The number of hydrogen-bond acceptors (Lipinski definition) is 4. The third kappa shape index (κ3) is 3.35. The minimum Gasteiger partial charge on any atom is -0.384 e. The average molecular weight is 211 g/mol. The molecule has 0 bridgehead atoms. The van der Waals surface area contributed by atoms with Gasteiger partial charge in [-0.2, -0.15) is 0 Å². The number of thioether (sulfide) groups is 1. The number of methoxy groups -OCH3 is 1. The van der Waals surface area contributed by atoms with Crippen LogP contribution in [0.25, 0.3) is 0 Å². The van der Waals surface area contributed by atoms with Crippen LogP contribution in [0, 0.1) is 5.41 Å². The van der Waals surface area contributed by atoms with Gasteiger partial charge in [-0.3, -0.25) is 10.4 Å². The topological polar surface area (TPSA) is 72.0 Å². The van der Waals surface area contributed by atoms with Crippen molar-refractivity contribution in [3.8, 4) is 0 Å². The first-order chi connectivity index (χ1) is 6.74. The Kier molecular flexibility index (Phi) is 4.42. The van der Waals surface area contributed by atoms with E-state index < -0.39 is 0 Å². The van der Waals surface area contributed by atoms with E-state index in [1.165, 1.54) is 0 Å². The summed E-state index contributed by atoms with van der Waals surface area (Å²) in [4.78, 5) is 5.03. The van der Waals surface area contributed by atoms with Crippen LogP contribution in [-0.4, -0.2) is 30.3 Å². The van der Waals surface area contributed by atoms with E-state index in [-0.39, 0.29) is 5.84 Å². The first kappa shape index (κ1) is 11.0. The third-order valence-electron chi connectivity index (χ3n) is 1.56. The highest BCUT2D eigenvalue weighted by Gasteiger charge is 2.00. The van der Waals surface area contributed by atoms with Gasteiger partial charge in [-0.05, 0) is 12.1 Å². The first-order valence-corrected chi connectivity index (χ1v) is 5.15. The lowest BCUT2D eigenvalue weighted by atomic mass is 10.3. The van der Waals surface area contributed by atoms with Gasteiger partial charge in [0.2, 0.25) is 0 Å². The lowest BCUT2D eigenvalue weighted by Gasteiger charge is -2.02. The van der Waals surface area contributed by atoms with Gasteiger partial charge in [-0.25, -0.2) is 0 Å². The van der Waals surface area contributed by atoms with Crippen LogP contribution in [0.15, 0.2) is 23.2 Å². The summed E-state index contributed by atoms with van der Waals surface area (Å²) >= 11 is 1.66. The van der Waals surface area contributed by atoms with Gasteiger partial charge in [0.25, 0.3) is 0 Å². The first-order valence-electron chi connectivity index (χ1n) is 4.16. The second kappa shape index (κ2) is 5.62. The maximum Gasteiger partial charge on any atom is 0.141 e. The number of aromatic nitrogens is 1. The van der Waals surface area contributed by atoms with E-state index in [4.69, 9.17) is 15.9 Å². The average Bonchev–Trinajstić information content (AvgIpc) is 2.19. The minimum atomic E-state index is -0.000749. The Morgan fingerprint density at radius 2 is 2.50 bits per heavy atom. The quantitative estimate of drug-likeness (QED) is 0.331. The van der Waals surface area contributed by atoms with Crippen molar-refractivity contribution in [1.82, 2.24) is 4.98 Å².